The van der Waals surface area contributed by atoms with Gasteiger partial charge in [0.05, 0.1) is 26.6 Å². The number of non-ortho nitro benzene ring substituents is 1. The smallest absolute Gasteiger partial charge is 0.339 e. The molecule has 1 aliphatic rings. The molecule has 190 valence electrons. The molecule has 1 aliphatic heterocycles. The number of para-hydroxylation sites is 1. The van der Waals surface area contributed by atoms with Crippen molar-refractivity contribution in [2.45, 2.75) is 11.8 Å². The van der Waals surface area contributed by atoms with Crippen molar-refractivity contribution in [3.8, 4) is 11.5 Å². The van der Waals surface area contributed by atoms with Crippen molar-refractivity contribution in [1.29, 1.82) is 0 Å². The number of amidine groups is 1. The van der Waals surface area contributed by atoms with E-state index in [0.29, 0.717) is 21.3 Å². The Morgan fingerprint density at radius 2 is 1.84 bits per heavy atom. The topological polar surface area (TPSA) is 137 Å². The predicted molar refractivity (Wildman–Crippen MR) is 143 cm³/mol. The summed E-state index contributed by atoms with van der Waals surface area (Å²) in [6, 6.07) is 16.6. The first-order valence-electron chi connectivity index (χ1n) is 10.7. The van der Waals surface area contributed by atoms with Gasteiger partial charge in [-0.2, -0.15) is 8.42 Å². The van der Waals surface area contributed by atoms with E-state index in [4.69, 9.17) is 8.92 Å². The Balaban J connectivity index is 1.62. The van der Waals surface area contributed by atoms with Crippen molar-refractivity contribution in [2.75, 3.05) is 6.61 Å². The highest BCUT2D eigenvalue weighted by molar-refractivity contribution is 9.10. The molecule has 4 rings (SSSR count). The number of carbonyl (C=O) groups is 1. The number of rotatable bonds is 8. The lowest BCUT2D eigenvalue weighted by molar-refractivity contribution is -0.384. The van der Waals surface area contributed by atoms with Crippen LogP contribution in [0, 0.1) is 10.1 Å². The van der Waals surface area contributed by atoms with Crippen LogP contribution in [0.25, 0.3) is 6.08 Å². The standard InChI is InChI=1S/C24H18BrN3O7S2/c1-2-34-20-13-15(14-21-23(29)27-24(36-21)26-16-6-4-3-5-7-16)12-19(25)22(20)35-37(32,33)18-10-8-17(9-11-18)28(30)31/h3-14H,2H2,1H3,(H,26,27,29)/b21-14-. The summed E-state index contributed by atoms with van der Waals surface area (Å²) in [6.07, 6.45) is 1.62. The number of ether oxygens (including phenoxy) is 1. The molecule has 10 nitrogen and oxygen atoms in total. The van der Waals surface area contributed by atoms with Gasteiger partial charge in [-0.15, -0.1) is 0 Å². The van der Waals surface area contributed by atoms with Crippen molar-refractivity contribution < 1.29 is 27.1 Å². The average molecular weight is 604 g/mol. The number of thioether (sulfide) groups is 1. The highest BCUT2D eigenvalue weighted by Crippen LogP contribution is 2.40. The lowest BCUT2D eigenvalue weighted by atomic mass is 10.2. The summed E-state index contributed by atoms with van der Waals surface area (Å²) in [5.41, 5.74) is 0.996. The molecule has 0 radical (unpaired) electrons. The van der Waals surface area contributed by atoms with Gasteiger partial charge in [-0.05, 0) is 82.7 Å². The number of nitro groups is 1. The van der Waals surface area contributed by atoms with Gasteiger partial charge in [0.25, 0.3) is 11.6 Å². The van der Waals surface area contributed by atoms with Crippen LogP contribution in [0.5, 0.6) is 11.5 Å². The van der Waals surface area contributed by atoms with E-state index in [0.717, 1.165) is 24.3 Å². The molecule has 0 saturated carbocycles. The van der Waals surface area contributed by atoms with E-state index in [1.54, 1.807) is 25.1 Å². The maximum absolute atomic E-state index is 12.8. The summed E-state index contributed by atoms with van der Waals surface area (Å²) >= 11 is 4.49. The number of halogens is 1. The third kappa shape index (κ3) is 6.37. The molecule has 37 heavy (non-hydrogen) atoms. The van der Waals surface area contributed by atoms with Crippen LogP contribution in [0.3, 0.4) is 0 Å². The minimum Gasteiger partial charge on any atom is -0.490 e. The third-order valence-electron chi connectivity index (χ3n) is 4.80. The highest BCUT2D eigenvalue weighted by Gasteiger charge is 2.26. The second kappa shape index (κ2) is 11.2. The molecule has 1 saturated heterocycles. The molecule has 0 aromatic heterocycles. The number of nitrogens with one attached hydrogen (secondary N) is 1. The minimum atomic E-state index is -4.33. The van der Waals surface area contributed by atoms with Crippen LogP contribution in [0.4, 0.5) is 11.4 Å². The van der Waals surface area contributed by atoms with Crippen LogP contribution in [0.1, 0.15) is 12.5 Å². The van der Waals surface area contributed by atoms with E-state index in [-0.39, 0.29) is 39.1 Å². The summed E-state index contributed by atoms with van der Waals surface area (Å²) in [5, 5.41) is 14.0. The number of amides is 1. The molecule has 0 spiro atoms. The molecule has 1 fully saturated rings. The lowest BCUT2D eigenvalue weighted by Gasteiger charge is -2.14. The average Bonchev–Trinajstić information content (AvgIpc) is 3.20. The Labute approximate surface area is 224 Å². The second-order valence-corrected chi connectivity index (χ2v) is 10.8. The van der Waals surface area contributed by atoms with Gasteiger partial charge in [-0.25, -0.2) is 4.99 Å². The van der Waals surface area contributed by atoms with E-state index in [1.807, 2.05) is 30.3 Å². The lowest BCUT2D eigenvalue weighted by Crippen LogP contribution is -2.19. The van der Waals surface area contributed by atoms with E-state index in [2.05, 4.69) is 26.2 Å². The molecule has 1 N–H and O–H groups in total. The Morgan fingerprint density at radius 3 is 2.49 bits per heavy atom. The zero-order valence-electron chi connectivity index (χ0n) is 19.1. The summed E-state index contributed by atoms with van der Waals surface area (Å²) < 4.78 is 36.9. The fraction of sp³-hybridized carbons (Fsp3) is 0.0833. The first-order chi connectivity index (χ1) is 17.7. The zero-order valence-corrected chi connectivity index (χ0v) is 22.3. The maximum Gasteiger partial charge on any atom is 0.339 e. The molecule has 0 unspecified atom stereocenters. The molecule has 3 aromatic carbocycles. The number of aliphatic imine (C=N–C) groups is 1. The summed E-state index contributed by atoms with van der Waals surface area (Å²) in [5.74, 6) is -0.303. The van der Waals surface area contributed by atoms with Crippen molar-refractivity contribution in [3.63, 3.8) is 0 Å². The fourth-order valence-corrected chi connectivity index (χ4v) is 5.61. The normalized spacial score (nSPS) is 15.6. The molecule has 0 aliphatic carbocycles. The first kappa shape index (κ1) is 26.4. The Kier molecular flexibility index (Phi) is 7.95. The van der Waals surface area contributed by atoms with Crippen molar-refractivity contribution in [2.24, 2.45) is 4.99 Å². The van der Waals surface area contributed by atoms with Crippen molar-refractivity contribution in [1.82, 2.24) is 5.32 Å². The van der Waals surface area contributed by atoms with Gasteiger partial charge in [0, 0.05) is 12.1 Å². The highest BCUT2D eigenvalue weighted by atomic mass is 79.9. The summed E-state index contributed by atoms with van der Waals surface area (Å²) in [4.78, 5) is 27.2. The van der Waals surface area contributed by atoms with E-state index in [1.165, 1.54) is 11.8 Å². The molecule has 3 aromatic rings. The summed E-state index contributed by atoms with van der Waals surface area (Å²) in [7, 11) is -4.33. The van der Waals surface area contributed by atoms with E-state index >= 15 is 0 Å². The quantitative estimate of drug-likeness (QED) is 0.156. The largest absolute Gasteiger partial charge is 0.490 e. The number of benzene rings is 3. The number of nitrogens with zero attached hydrogens (tertiary/aromatic N) is 2. The first-order valence-corrected chi connectivity index (χ1v) is 13.7. The van der Waals surface area contributed by atoms with Crippen LogP contribution in [0.2, 0.25) is 0 Å². The molecule has 0 atom stereocenters. The SMILES string of the molecule is CCOc1cc(/C=C2\SC(=Nc3ccccc3)NC2=O)cc(Br)c1OS(=O)(=O)c1ccc([N+](=O)[O-])cc1. The third-order valence-corrected chi connectivity index (χ3v) is 7.53. The number of hydrogen-bond acceptors (Lipinski definition) is 9. The molecular formula is C24H18BrN3O7S2. The molecular weight excluding hydrogens is 586 g/mol. The van der Waals surface area contributed by atoms with Gasteiger partial charge in [0.15, 0.2) is 16.7 Å². The van der Waals surface area contributed by atoms with Gasteiger partial charge in [-0.1, -0.05) is 18.2 Å². The van der Waals surface area contributed by atoms with Gasteiger partial charge >= 0.3 is 10.1 Å². The fourth-order valence-electron chi connectivity index (χ4n) is 3.16. The van der Waals surface area contributed by atoms with Crippen LogP contribution in [-0.4, -0.2) is 31.0 Å². The second-order valence-electron chi connectivity index (χ2n) is 7.37. The van der Waals surface area contributed by atoms with E-state index < -0.39 is 15.0 Å². The van der Waals surface area contributed by atoms with Crippen LogP contribution in [-0.2, 0) is 14.9 Å². The van der Waals surface area contributed by atoms with Crippen LogP contribution >= 0.6 is 27.7 Å². The summed E-state index contributed by atoms with van der Waals surface area (Å²) in [6.45, 7) is 1.93. The maximum atomic E-state index is 12.8. The van der Waals surface area contributed by atoms with Crippen LogP contribution < -0.4 is 14.2 Å². The zero-order chi connectivity index (χ0) is 26.6. The molecule has 13 heteroatoms. The van der Waals surface area contributed by atoms with Crippen LogP contribution in [0.15, 0.2) is 86.0 Å². The molecule has 0 bridgehead atoms. The van der Waals surface area contributed by atoms with Gasteiger partial charge < -0.3 is 14.2 Å². The minimum absolute atomic E-state index is 0.0998. The number of hydrogen-bond donors (Lipinski definition) is 1. The Morgan fingerprint density at radius 1 is 1.14 bits per heavy atom. The van der Waals surface area contributed by atoms with Crippen molar-refractivity contribution >= 4 is 66.3 Å². The molecule has 1 amide bonds. The van der Waals surface area contributed by atoms with Gasteiger partial charge in [-0.3, -0.25) is 14.9 Å². The Bertz CT molecular complexity index is 1520. The van der Waals surface area contributed by atoms with Crippen molar-refractivity contribution in [3.05, 3.63) is 91.8 Å². The number of nitro benzene ring substituents is 1. The van der Waals surface area contributed by atoms with Gasteiger partial charge in [0.1, 0.15) is 4.90 Å². The molecule has 1 heterocycles. The Hall–Kier alpha value is -3.68. The van der Waals surface area contributed by atoms with Gasteiger partial charge in [0.2, 0.25) is 0 Å². The number of carbonyl (C=O) groups excluding carboxylic acids is 1. The van der Waals surface area contributed by atoms with E-state index in [9.17, 15) is 23.3 Å². The predicted octanol–water partition coefficient (Wildman–Crippen LogP) is 5.42. The monoisotopic (exact) mass is 603 g/mol.